The van der Waals surface area contributed by atoms with E-state index >= 15 is 0 Å². The number of hydrogen-bond donors (Lipinski definition) is 1. The van der Waals surface area contributed by atoms with Gasteiger partial charge in [-0.25, -0.2) is 9.20 Å². The van der Waals surface area contributed by atoms with Crippen LogP contribution in [0.3, 0.4) is 0 Å². The largest absolute Gasteiger partial charge is 0.344 e. The first-order chi connectivity index (χ1) is 11.6. The highest BCUT2D eigenvalue weighted by Gasteiger charge is 2.46. The van der Waals surface area contributed by atoms with Crippen LogP contribution in [0.15, 0.2) is 36.8 Å². The van der Waals surface area contributed by atoms with E-state index in [1.54, 1.807) is 27.8 Å². The molecule has 1 saturated carbocycles. The van der Waals surface area contributed by atoms with E-state index in [1.165, 1.54) is 0 Å². The minimum Gasteiger partial charge on any atom is -0.344 e. The number of nitrogens with one attached hydrogen (secondary N) is 1. The van der Waals surface area contributed by atoms with Crippen molar-refractivity contribution >= 4 is 11.4 Å². The first-order valence-corrected chi connectivity index (χ1v) is 7.70. The minimum atomic E-state index is -0.544. The van der Waals surface area contributed by atoms with E-state index < -0.39 is 5.54 Å². The maximum atomic E-state index is 12.5. The van der Waals surface area contributed by atoms with Crippen molar-refractivity contribution in [2.75, 3.05) is 0 Å². The summed E-state index contributed by atoms with van der Waals surface area (Å²) in [4.78, 5) is 12.5. The summed E-state index contributed by atoms with van der Waals surface area (Å²) >= 11 is 0. The SMILES string of the molecule is C[C@H](NC(=O)c1cnn2ccccc12)c1cn(C2(C#N)CC2)nn1. The van der Waals surface area contributed by atoms with Crippen molar-refractivity contribution in [2.45, 2.75) is 31.3 Å². The summed E-state index contributed by atoms with van der Waals surface area (Å²) < 4.78 is 3.25. The monoisotopic (exact) mass is 321 g/mol. The highest BCUT2D eigenvalue weighted by atomic mass is 16.1. The van der Waals surface area contributed by atoms with Crippen molar-refractivity contribution in [3.8, 4) is 6.07 Å². The number of pyridine rings is 1. The Bertz CT molecular complexity index is 960. The standard InChI is InChI=1S/C16H15N7O/c1-11(13-9-23(21-20-13)16(10-17)5-6-16)19-15(24)12-8-18-22-7-3-2-4-14(12)22/h2-4,7-9,11H,5-6H2,1H3,(H,19,24)/t11-/m0/s1. The van der Waals surface area contributed by atoms with Gasteiger partial charge in [-0.3, -0.25) is 4.79 Å². The maximum Gasteiger partial charge on any atom is 0.255 e. The average Bonchev–Trinajstić information content (AvgIpc) is 3.05. The molecule has 1 amide bonds. The Morgan fingerprint density at radius 2 is 2.29 bits per heavy atom. The molecule has 1 aliphatic rings. The molecule has 4 rings (SSSR count). The number of amides is 1. The van der Waals surface area contributed by atoms with Crippen LogP contribution in [-0.2, 0) is 5.54 Å². The normalized spacial score (nSPS) is 16.5. The van der Waals surface area contributed by atoms with Gasteiger partial charge in [0.2, 0.25) is 0 Å². The van der Waals surface area contributed by atoms with Crippen LogP contribution in [0.2, 0.25) is 0 Å². The molecule has 0 aromatic carbocycles. The molecule has 3 heterocycles. The van der Waals surface area contributed by atoms with Crippen LogP contribution in [0.1, 0.15) is 41.9 Å². The molecule has 8 heteroatoms. The van der Waals surface area contributed by atoms with Gasteiger partial charge in [-0.2, -0.15) is 10.4 Å². The zero-order valence-electron chi connectivity index (χ0n) is 13.0. The van der Waals surface area contributed by atoms with Crippen LogP contribution in [-0.4, -0.2) is 30.5 Å². The number of carbonyl (C=O) groups is 1. The van der Waals surface area contributed by atoms with E-state index in [0.717, 1.165) is 18.4 Å². The van der Waals surface area contributed by atoms with Gasteiger partial charge >= 0.3 is 0 Å². The Balaban J connectivity index is 1.53. The average molecular weight is 321 g/mol. The quantitative estimate of drug-likeness (QED) is 0.783. The van der Waals surface area contributed by atoms with Gasteiger partial charge in [0.25, 0.3) is 5.91 Å². The van der Waals surface area contributed by atoms with Gasteiger partial charge in [-0.05, 0) is 31.9 Å². The zero-order chi connectivity index (χ0) is 16.7. The Kier molecular flexibility index (Phi) is 3.09. The Labute approximate surface area is 137 Å². The molecular formula is C16H15N7O. The number of nitrogens with zero attached hydrogens (tertiary/aromatic N) is 6. The lowest BCUT2D eigenvalue weighted by atomic mass is 10.2. The highest BCUT2D eigenvalue weighted by molar-refractivity contribution is 6.00. The first kappa shape index (κ1) is 14.4. The number of carbonyl (C=O) groups excluding carboxylic acids is 1. The van der Waals surface area contributed by atoms with E-state index in [-0.39, 0.29) is 11.9 Å². The fourth-order valence-electron chi connectivity index (χ4n) is 2.65. The number of fused-ring (bicyclic) bond motifs is 1. The molecule has 1 N–H and O–H groups in total. The maximum absolute atomic E-state index is 12.5. The van der Waals surface area contributed by atoms with Crippen LogP contribution in [0.5, 0.6) is 0 Å². The van der Waals surface area contributed by atoms with Crippen molar-refractivity contribution in [2.24, 2.45) is 0 Å². The molecule has 24 heavy (non-hydrogen) atoms. The molecule has 3 aromatic rings. The molecule has 0 spiro atoms. The van der Waals surface area contributed by atoms with Crippen LogP contribution < -0.4 is 5.32 Å². The summed E-state index contributed by atoms with van der Waals surface area (Å²) in [6, 6.07) is 7.50. The summed E-state index contributed by atoms with van der Waals surface area (Å²) in [5.41, 5.74) is 1.33. The van der Waals surface area contributed by atoms with Crippen LogP contribution in [0.4, 0.5) is 0 Å². The summed E-state index contributed by atoms with van der Waals surface area (Å²) in [7, 11) is 0. The zero-order valence-corrected chi connectivity index (χ0v) is 13.0. The molecule has 1 aliphatic carbocycles. The smallest absolute Gasteiger partial charge is 0.255 e. The van der Waals surface area contributed by atoms with E-state index in [4.69, 9.17) is 0 Å². The minimum absolute atomic E-state index is 0.223. The summed E-state index contributed by atoms with van der Waals surface area (Å²) in [6.45, 7) is 1.84. The number of rotatable bonds is 4. The third-order valence-corrected chi connectivity index (χ3v) is 4.34. The van der Waals surface area contributed by atoms with Gasteiger partial charge in [0.1, 0.15) is 5.69 Å². The fraction of sp³-hybridized carbons (Fsp3) is 0.312. The van der Waals surface area contributed by atoms with Gasteiger partial charge < -0.3 is 5.32 Å². The lowest BCUT2D eigenvalue weighted by Crippen LogP contribution is -2.26. The van der Waals surface area contributed by atoms with Crippen molar-refractivity contribution in [3.05, 3.63) is 48.0 Å². The topological polar surface area (TPSA) is 101 Å². The van der Waals surface area contributed by atoms with Crippen molar-refractivity contribution in [1.29, 1.82) is 5.26 Å². The van der Waals surface area contributed by atoms with Crippen LogP contribution >= 0.6 is 0 Å². The summed E-state index contributed by atoms with van der Waals surface area (Å²) in [6.07, 6.45) is 6.64. The molecule has 0 bridgehead atoms. The molecule has 0 aliphatic heterocycles. The lowest BCUT2D eigenvalue weighted by molar-refractivity contribution is 0.0940. The van der Waals surface area contributed by atoms with Crippen LogP contribution in [0, 0.1) is 11.3 Å². The van der Waals surface area contributed by atoms with E-state index in [2.05, 4.69) is 26.8 Å². The number of aromatic nitrogens is 5. The van der Waals surface area contributed by atoms with E-state index in [9.17, 15) is 10.1 Å². The molecule has 1 atom stereocenters. The van der Waals surface area contributed by atoms with Gasteiger partial charge in [0, 0.05) is 6.20 Å². The third kappa shape index (κ3) is 2.22. The lowest BCUT2D eigenvalue weighted by Gasteiger charge is -2.10. The fourth-order valence-corrected chi connectivity index (χ4v) is 2.65. The van der Waals surface area contributed by atoms with Gasteiger partial charge in [0.15, 0.2) is 5.54 Å². The molecule has 0 unspecified atom stereocenters. The Morgan fingerprint density at radius 1 is 1.46 bits per heavy atom. The van der Waals surface area contributed by atoms with Crippen molar-refractivity contribution in [3.63, 3.8) is 0 Å². The third-order valence-electron chi connectivity index (χ3n) is 4.34. The second kappa shape index (κ2) is 5.16. The van der Waals surface area contributed by atoms with Gasteiger partial charge in [-0.15, -0.1) is 5.10 Å². The first-order valence-electron chi connectivity index (χ1n) is 7.70. The van der Waals surface area contributed by atoms with Crippen LogP contribution in [0.25, 0.3) is 5.52 Å². The van der Waals surface area contributed by atoms with Crippen molar-refractivity contribution in [1.82, 2.24) is 29.9 Å². The second-order valence-electron chi connectivity index (χ2n) is 6.02. The second-order valence-corrected chi connectivity index (χ2v) is 6.02. The molecule has 0 radical (unpaired) electrons. The molecule has 1 fully saturated rings. The summed E-state index contributed by atoms with van der Waals surface area (Å²) in [5, 5.41) is 24.4. The summed E-state index contributed by atoms with van der Waals surface area (Å²) in [5.74, 6) is -0.223. The molecule has 0 saturated heterocycles. The molecular weight excluding hydrogens is 306 g/mol. The van der Waals surface area contributed by atoms with Gasteiger partial charge in [0.05, 0.1) is 35.6 Å². The number of nitriles is 1. The van der Waals surface area contributed by atoms with Gasteiger partial charge in [-0.1, -0.05) is 11.3 Å². The van der Waals surface area contributed by atoms with E-state index in [1.807, 2.05) is 25.1 Å². The predicted octanol–water partition coefficient (Wildman–Crippen LogP) is 1.43. The van der Waals surface area contributed by atoms with Crippen molar-refractivity contribution < 1.29 is 4.79 Å². The molecule has 8 nitrogen and oxygen atoms in total. The predicted molar refractivity (Wildman–Crippen MR) is 83.9 cm³/mol. The Hall–Kier alpha value is -3.21. The Morgan fingerprint density at radius 3 is 3.04 bits per heavy atom. The molecule has 3 aromatic heterocycles. The highest BCUT2D eigenvalue weighted by Crippen LogP contribution is 2.42. The van der Waals surface area contributed by atoms with E-state index in [0.29, 0.717) is 11.3 Å². The number of hydrogen-bond acceptors (Lipinski definition) is 5. The molecule has 120 valence electrons.